The van der Waals surface area contributed by atoms with Crippen LogP contribution in [0.4, 0.5) is 0 Å². The van der Waals surface area contributed by atoms with Gasteiger partial charge in [-0.3, -0.25) is 4.79 Å². The van der Waals surface area contributed by atoms with Gasteiger partial charge in [-0.15, -0.1) is 0 Å². The number of amides is 1. The van der Waals surface area contributed by atoms with E-state index in [1.54, 1.807) is 0 Å². The lowest BCUT2D eigenvalue weighted by molar-refractivity contribution is 0.0922. The summed E-state index contributed by atoms with van der Waals surface area (Å²) in [7, 11) is 0. The molecule has 0 fully saturated rings. The number of oxazole rings is 1. The highest BCUT2D eigenvalue weighted by atomic mass is 16.7. The van der Waals surface area contributed by atoms with Crippen LogP contribution in [0.5, 0.6) is 17.2 Å². The van der Waals surface area contributed by atoms with Crippen LogP contribution in [0.25, 0.3) is 22.4 Å². The molecule has 1 N–H and O–H groups in total. The second-order valence-electron chi connectivity index (χ2n) is 8.55. The van der Waals surface area contributed by atoms with Gasteiger partial charge in [-0.25, -0.2) is 4.98 Å². The molecule has 1 aromatic heterocycles. The van der Waals surface area contributed by atoms with Gasteiger partial charge in [0.15, 0.2) is 18.1 Å². The molecule has 3 aromatic carbocycles. The van der Waals surface area contributed by atoms with Crippen molar-refractivity contribution in [1.82, 2.24) is 10.3 Å². The third-order valence-corrected chi connectivity index (χ3v) is 6.06. The molecule has 36 heavy (non-hydrogen) atoms. The van der Waals surface area contributed by atoms with Crippen molar-refractivity contribution in [2.24, 2.45) is 0 Å². The molecule has 0 spiro atoms. The van der Waals surface area contributed by atoms with E-state index in [1.165, 1.54) is 0 Å². The molecule has 1 aliphatic heterocycles. The third kappa shape index (κ3) is 4.91. The predicted octanol–water partition coefficient (Wildman–Crippen LogP) is 6.15. The quantitative estimate of drug-likeness (QED) is 0.287. The minimum Gasteiger partial charge on any atom is -0.484 e. The van der Waals surface area contributed by atoms with E-state index >= 15 is 0 Å². The minimum absolute atomic E-state index is 0.0908. The summed E-state index contributed by atoms with van der Waals surface area (Å²) >= 11 is 0. The number of aromatic nitrogens is 1. The Morgan fingerprint density at radius 1 is 1.00 bits per heavy atom. The summed E-state index contributed by atoms with van der Waals surface area (Å²) in [6, 6.07) is 21.3. The summed E-state index contributed by atoms with van der Waals surface area (Å²) in [5, 5.41) is 2.92. The Bertz CT molecular complexity index is 1360. The van der Waals surface area contributed by atoms with Crippen molar-refractivity contribution in [2.45, 2.75) is 33.3 Å². The summed E-state index contributed by atoms with van der Waals surface area (Å²) < 4.78 is 23.0. The van der Waals surface area contributed by atoms with Crippen LogP contribution in [0.15, 0.2) is 71.1 Å². The van der Waals surface area contributed by atoms with Gasteiger partial charge in [0.2, 0.25) is 18.4 Å². The molecule has 0 atom stereocenters. The van der Waals surface area contributed by atoms with Gasteiger partial charge in [0.05, 0.1) is 0 Å². The van der Waals surface area contributed by atoms with E-state index in [-0.39, 0.29) is 25.1 Å². The highest BCUT2D eigenvalue weighted by Crippen LogP contribution is 2.38. The van der Waals surface area contributed by atoms with Crippen molar-refractivity contribution in [3.8, 4) is 39.6 Å². The van der Waals surface area contributed by atoms with Crippen molar-refractivity contribution >= 4 is 5.91 Å². The standard InChI is InChI=1S/C29H28N2O5/c1-3-4-15-30-29(32)28-27(20-9-6-5-7-10-20)31-26(36-28)17-33-23-12-8-11-22(19(23)2)21-13-14-24-25(16-21)35-18-34-24/h5-14,16H,3-4,15,17-18H2,1-2H3,(H,30,32). The fourth-order valence-corrected chi connectivity index (χ4v) is 4.12. The molecular weight excluding hydrogens is 456 g/mol. The Morgan fingerprint density at radius 3 is 2.67 bits per heavy atom. The number of rotatable bonds is 9. The fourth-order valence-electron chi connectivity index (χ4n) is 4.12. The maximum atomic E-state index is 12.8. The van der Waals surface area contributed by atoms with Gasteiger partial charge in [-0.2, -0.15) is 0 Å². The first-order chi connectivity index (χ1) is 17.6. The monoisotopic (exact) mass is 484 g/mol. The molecule has 4 aromatic rings. The Morgan fingerprint density at radius 2 is 1.83 bits per heavy atom. The topological polar surface area (TPSA) is 82.8 Å². The Hall–Kier alpha value is -4.26. The molecule has 0 saturated carbocycles. The van der Waals surface area contributed by atoms with E-state index in [1.807, 2.05) is 73.7 Å². The number of nitrogens with one attached hydrogen (secondary N) is 1. The van der Waals surface area contributed by atoms with Crippen LogP contribution in [0, 0.1) is 6.92 Å². The first-order valence-corrected chi connectivity index (χ1v) is 12.1. The van der Waals surface area contributed by atoms with Gasteiger partial charge in [0.25, 0.3) is 5.91 Å². The second kappa shape index (κ2) is 10.6. The van der Waals surface area contributed by atoms with E-state index in [9.17, 15) is 4.79 Å². The number of ether oxygens (including phenoxy) is 3. The SMILES string of the molecule is CCCCNC(=O)c1oc(COc2cccc(-c3ccc4c(c3)OCO4)c2C)nc1-c1ccccc1. The molecule has 7 nitrogen and oxygen atoms in total. The molecule has 2 heterocycles. The van der Waals surface area contributed by atoms with E-state index in [0.29, 0.717) is 23.9 Å². The molecule has 5 rings (SSSR count). The van der Waals surface area contributed by atoms with E-state index in [2.05, 4.69) is 17.2 Å². The molecule has 7 heteroatoms. The first kappa shape index (κ1) is 23.5. The minimum atomic E-state index is -0.276. The molecular formula is C29H28N2O5. The molecule has 0 aliphatic carbocycles. The van der Waals surface area contributed by atoms with Gasteiger partial charge in [-0.05, 0) is 48.2 Å². The lowest BCUT2D eigenvalue weighted by Crippen LogP contribution is -2.24. The Balaban J connectivity index is 1.38. The van der Waals surface area contributed by atoms with Crippen LogP contribution in [0.3, 0.4) is 0 Å². The molecule has 0 unspecified atom stereocenters. The summed E-state index contributed by atoms with van der Waals surface area (Å²) in [5.74, 6) is 2.44. The molecule has 0 radical (unpaired) electrons. The van der Waals surface area contributed by atoms with Gasteiger partial charge in [-0.1, -0.05) is 61.9 Å². The molecule has 1 aliphatic rings. The van der Waals surface area contributed by atoms with Crippen LogP contribution in [0.2, 0.25) is 0 Å². The summed E-state index contributed by atoms with van der Waals surface area (Å²) in [6.07, 6.45) is 1.89. The van der Waals surface area contributed by atoms with E-state index in [0.717, 1.165) is 46.6 Å². The van der Waals surface area contributed by atoms with E-state index < -0.39 is 0 Å². The maximum absolute atomic E-state index is 12.8. The number of unbranched alkanes of at least 4 members (excludes halogenated alkanes) is 1. The van der Waals surface area contributed by atoms with Gasteiger partial charge >= 0.3 is 0 Å². The highest BCUT2D eigenvalue weighted by molar-refractivity contribution is 5.97. The van der Waals surface area contributed by atoms with Crippen molar-refractivity contribution in [3.05, 3.63) is 83.9 Å². The molecule has 184 valence electrons. The van der Waals surface area contributed by atoms with Crippen molar-refractivity contribution in [3.63, 3.8) is 0 Å². The third-order valence-electron chi connectivity index (χ3n) is 6.06. The van der Waals surface area contributed by atoms with Gasteiger partial charge in [0, 0.05) is 12.1 Å². The summed E-state index contributed by atoms with van der Waals surface area (Å²) in [5.41, 5.74) is 4.33. The smallest absolute Gasteiger partial charge is 0.289 e. The number of nitrogens with zero attached hydrogens (tertiary/aromatic N) is 1. The van der Waals surface area contributed by atoms with Crippen LogP contribution in [0.1, 0.15) is 41.8 Å². The largest absolute Gasteiger partial charge is 0.484 e. The zero-order valence-corrected chi connectivity index (χ0v) is 20.4. The Kier molecular flexibility index (Phi) is 6.89. The number of hydrogen-bond acceptors (Lipinski definition) is 6. The van der Waals surface area contributed by atoms with Crippen LogP contribution in [-0.2, 0) is 6.61 Å². The van der Waals surface area contributed by atoms with E-state index in [4.69, 9.17) is 18.6 Å². The summed E-state index contributed by atoms with van der Waals surface area (Å²) in [6.45, 7) is 5.00. The molecule has 0 bridgehead atoms. The Labute approximate surface area is 210 Å². The average molecular weight is 485 g/mol. The number of carbonyl (C=O) groups excluding carboxylic acids is 1. The predicted molar refractivity (Wildman–Crippen MR) is 136 cm³/mol. The van der Waals surface area contributed by atoms with Gasteiger partial charge in [0.1, 0.15) is 11.4 Å². The lowest BCUT2D eigenvalue weighted by atomic mass is 9.99. The van der Waals surface area contributed by atoms with Crippen molar-refractivity contribution in [2.75, 3.05) is 13.3 Å². The highest BCUT2D eigenvalue weighted by Gasteiger charge is 2.22. The molecule has 1 amide bonds. The second-order valence-corrected chi connectivity index (χ2v) is 8.55. The molecule has 0 saturated heterocycles. The van der Waals surface area contributed by atoms with Gasteiger partial charge < -0.3 is 23.9 Å². The van der Waals surface area contributed by atoms with Crippen molar-refractivity contribution < 1.29 is 23.4 Å². The zero-order chi connectivity index (χ0) is 24.9. The zero-order valence-electron chi connectivity index (χ0n) is 20.4. The maximum Gasteiger partial charge on any atom is 0.289 e. The summed E-state index contributed by atoms with van der Waals surface area (Å²) in [4.78, 5) is 17.4. The van der Waals surface area contributed by atoms with Crippen LogP contribution < -0.4 is 19.5 Å². The normalized spacial score (nSPS) is 11.9. The number of fused-ring (bicyclic) bond motifs is 1. The number of hydrogen-bond donors (Lipinski definition) is 1. The van der Waals surface area contributed by atoms with Crippen molar-refractivity contribution in [1.29, 1.82) is 0 Å². The number of carbonyl (C=O) groups is 1. The lowest BCUT2D eigenvalue weighted by Gasteiger charge is -2.12. The van der Waals surface area contributed by atoms with Crippen LogP contribution in [-0.4, -0.2) is 24.2 Å². The fraction of sp³-hybridized carbons (Fsp3) is 0.241. The number of benzene rings is 3. The first-order valence-electron chi connectivity index (χ1n) is 12.1. The van der Waals surface area contributed by atoms with Crippen LogP contribution >= 0.6 is 0 Å². The average Bonchev–Trinajstić information content (AvgIpc) is 3.55.